The number of hydrogen-bond acceptors (Lipinski definition) is 3. The lowest BCUT2D eigenvalue weighted by Crippen LogP contribution is -2.25. The molecule has 1 aromatic heterocycles. The fourth-order valence-corrected chi connectivity index (χ4v) is 2.60. The second-order valence-corrected chi connectivity index (χ2v) is 6.19. The first-order valence-corrected chi connectivity index (χ1v) is 7.13. The van der Waals surface area contributed by atoms with Gasteiger partial charge >= 0.3 is 6.16 Å². The van der Waals surface area contributed by atoms with Gasteiger partial charge in [-0.1, -0.05) is 51.1 Å². The summed E-state index contributed by atoms with van der Waals surface area (Å²) in [5, 5.41) is 18.8. The molecule has 2 N–H and O–H groups in total. The molecular formula is C17H21NO4. The zero-order chi connectivity index (χ0) is 16.3. The van der Waals surface area contributed by atoms with Gasteiger partial charge in [-0.15, -0.1) is 0 Å². The Morgan fingerprint density at radius 1 is 1.23 bits per heavy atom. The fraction of sp³-hybridized carbons (Fsp3) is 0.353. The van der Waals surface area contributed by atoms with E-state index in [2.05, 4.69) is 0 Å². The van der Waals surface area contributed by atoms with Crippen LogP contribution in [0.15, 0.2) is 42.6 Å². The third-order valence-electron chi connectivity index (χ3n) is 3.59. The predicted molar refractivity (Wildman–Crippen MR) is 83.1 cm³/mol. The molecule has 0 saturated heterocycles. The number of aliphatic hydroxyl groups excluding tert-OH is 1. The summed E-state index contributed by atoms with van der Waals surface area (Å²) in [6.07, 6.45) is 0.192. The highest BCUT2D eigenvalue weighted by molar-refractivity contribution is 5.57. The summed E-state index contributed by atoms with van der Waals surface area (Å²) in [5.41, 5.74) is 2.30. The highest BCUT2D eigenvalue weighted by Crippen LogP contribution is 2.34. The summed E-state index contributed by atoms with van der Waals surface area (Å²) in [6.45, 7) is 5.98. The molecule has 0 aliphatic heterocycles. The second kappa shape index (κ2) is 6.23. The van der Waals surface area contributed by atoms with Crippen LogP contribution in [0.25, 0.3) is 0 Å². The molecular weight excluding hydrogens is 282 g/mol. The maximum Gasteiger partial charge on any atom is 0.531 e. The van der Waals surface area contributed by atoms with Gasteiger partial charge in [-0.3, -0.25) is 0 Å². The van der Waals surface area contributed by atoms with Crippen LogP contribution in [0.5, 0.6) is 0 Å². The van der Waals surface area contributed by atoms with E-state index in [9.17, 15) is 9.90 Å². The third kappa shape index (κ3) is 3.31. The Morgan fingerprint density at radius 3 is 2.36 bits per heavy atom. The van der Waals surface area contributed by atoms with Crippen molar-refractivity contribution in [1.82, 2.24) is 4.73 Å². The molecule has 0 unspecified atom stereocenters. The van der Waals surface area contributed by atoms with E-state index in [4.69, 9.17) is 9.94 Å². The number of nitrogens with zero attached hydrogens (tertiary/aromatic N) is 1. The lowest BCUT2D eigenvalue weighted by atomic mass is 9.82. The van der Waals surface area contributed by atoms with Crippen LogP contribution in [0, 0.1) is 0 Å². The number of carboxylic acid groups (broad SMARTS) is 1. The minimum atomic E-state index is -1.39. The number of hydrogen-bond donors (Lipinski definition) is 2. The largest absolute Gasteiger partial charge is 0.531 e. The van der Waals surface area contributed by atoms with Gasteiger partial charge < -0.3 is 15.1 Å². The Bertz CT molecular complexity index is 640. The normalized spacial score (nSPS) is 12.9. The summed E-state index contributed by atoms with van der Waals surface area (Å²) >= 11 is 0. The van der Waals surface area contributed by atoms with Gasteiger partial charge in [-0.2, -0.15) is 4.73 Å². The quantitative estimate of drug-likeness (QED) is 0.910. The first kappa shape index (κ1) is 16.1. The van der Waals surface area contributed by atoms with E-state index in [0.717, 1.165) is 11.1 Å². The van der Waals surface area contributed by atoms with Crippen molar-refractivity contribution in [2.24, 2.45) is 0 Å². The Hall–Kier alpha value is -2.27. The average Bonchev–Trinajstić information content (AvgIpc) is 2.84. The molecule has 1 atom stereocenters. The van der Waals surface area contributed by atoms with Crippen molar-refractivity contribution in [3.05, 3.63) is 59.4 Å². The SMILES string of the molecule is CC(C)(C)c1ccn(OC(=O)O)c1[C@@H](CO)c1ccccc1. The van der Waals surface area contributed by atoms with Gasteiger partial charge in [0.2, 0.25) is 0 Å². The maximum atomic E-state index is 10.9. The molecule has 0 aliphatic rings. The molecule has 22 heavy (non-hydrogen) atoms. The van der Waals surface area contributed by atoms with Crippen molar-refractivity contribution in [2.45, 2.75) is 32.1 Å². The molecule has 0 fully saturated rings. The van der Waals surface area contributed by atoms with Crippen LogP contribution < -0.4 is 4.84 Å². The summed E-state index contributed by atoms with van der Waals surface area (Å²) < 4.78 is 1.23. The molecule has 0 radical (unpaired) electrons. The van der Waals surface area contributed by atoms with Crippen molar-refractivity contribution < 1.29 is 19.8 Å². The van der Waals surface area contributed by atoms with Crippen molar-refractivity contribution in [2.75, 3.05) is 6.61 Å². The zero-order valence-corrected chi connectivity index (χ0v) is 13.0. The molecule has 0 bridgehead atoms. The van der Waals surface area contributed by atoms with Gasteiger partial charge in [0.05, 0.1) is 18.2 Å². The monoisotopic (exact) mass is 303 g/mol. The van der Waals surface area contributed by atoms with Crippen LogP contribution in [0.2, 0.25) is 0 Å². The molecule has 1 heterocycles. The van der Waals surface area contributed by atoms with Crippen LogP contribution in [-0.2, 0) is 5.41 Å². The molecule has 0 aliphatic carbocycles. The van der Waals surface area contributed by atoms with Gasteiger partial charge in [0, 0.05) is 6.20 Å². The van der Waals surface area contributed by atoms with E-state index < -0.39 is 6.16 Å². The Kier molecular flexibility index (Phi) is 4.56. The maximum absolute atomic E-state index is 10.9. The molecule has 118 valence electrons. The van der Waals surface area contributed by atoms with Gasteiger partial charge in [-0.05, 0) is 22.6 Å². The predicted octanol–water partition coefficient (Wildman–Crippen LogP) is 3.02. The van der Waals surface area contributed by atoms with Crippen molar-refractivity contribution in [3.63, 3.8) is 0 Å². The van der Waals surface area contributed by atoms with Crippen LogP contribution >= 0.6 is 0 Å². The van der Waals surface area contributed by atoms with Crippen molar-refractivity contribution in [1.29, 1.82) is 0 Å². The molecule has 5 nitrogen and oxygen atoms in total. The van der Waals surface area contributed by atoms with Crippen LogP contribution in [0.1, 0.15) is 43.5 Å². The van der Waals surface area contributed by atoms with Gasteiger partial charge in [0.1, 0.15) is 0 Å². The molecule has 0 amide bonds. The first-order valence-electron chi connectivity index (χ1n) is 7.13. The molecule has 5 heteroatoms. The number of benzene rings is 1. The summed E-state index contributed by atoms with van der Waals surface area (Å²) in [6, 6.07) is 11.3. The van der Waals surface area contributed by atoms with Gasteiger partial charge in [0.25, 0.3) is 0 Å². The lowest BCUT2D eigenvalue weighted by Gasteiger charge is -2.25. The van der Waals surface area contributed by atoms with Crippen molar-refractivity contribution >= 4 is 6.16 Å². The van der Waals surface area contributed by atoms with E-state index in [-0.39, 0.29) is 17.9 Å². The number of aliphatic hydroxyl groups is 1. The van der Waals surface area contributed by atoms with Gasteiger partial charge in [-0.25, -0.2) is 4.79 Å². The molecule has 1 aromatic carbocycles. The Morgan fingerprint density at radius 2 is 1.86 bits per heavy atom. The minimum Gasteiger partial charge on any atom is -0.448 e. The number of aromatic nitrogens is 1. The van der Waals surface area contributed by atoms with Gasteiger partial charge in [0.15, 0.2) is 0 Å². The summed E-state index contributed by atoms with van der Waals surface area (Å²) in [5.74, 6) is -0.357. The van der Waals surface area contributed by atoms with E-state index in [1.165, 1.54) is 4.73 Å². The lowest BCUT2D eigenvalue weighted by molar-refractivity contribution is 0.0768. The molecule has 2 aromatic rings. The highest BCUT2D eigenvalue weighted by atomic mass is 16.8. The first-order chi connectivity index (χ1) is 10.3. The fourth-order valence-electron chi connectivity index (χ4n) is 2.60. The standard InChI is InChI=1S/C17H21NO4/c1-17(2,3)14-9-10-18(22-16(20)21)15(14)13(11-19)12-7-5-4-6-8-12/h4-10,13,19H,11H2,1-3H3,(H,20,21)/t13-/m0/s1. The van der Waals surface area contributed by atoms with E-state index >= 15 is 0 Å². The zero-order valence-electron chi connectivity index (χ0n) is 13.0. The van der Waals surface area contributed by atoms with Crippen LogP contribution in [0.3, 0.4) is 0 Å². The molecule has 0 spiro atoms. The van der Waals surface area contributed by atoms with Crippen LogP contribution in [-0.4, -0.2) is 27.7 Å². The molecule has 2 rings (SSSR count). The summed E-state index contributed by atoms with van der Waals surface area (Å²) in [7, 11) is 0. The number of carbonyl (C=O) groups is 1. The number of rotatable bonds is 4. The van der Waals surface area contributed by atoms with E-state index in [0.29, 0.717) is 5.69 Å². The second-order valence-electron chi connectivity index (χ2n) is 6.19. The smallest absolute Gasteiger partial charge is 0.448 e. The van der Waals surface area contributed by atoms with E-state index in [1.54, 1.807) is 6.20 Å². The average molecular weight is 303 g/mol. The third-order valence-corrected chi connectivity index (χ3v) is 3.59. The topological polar surface area (TPSA) is 71.7 Å². The summed E-state index contributed by atoms with van der Waals surface area (Å²) in [4.78, 5) is 15.8. The van der Waals surface area contributed by atoms with Crippen molar-refractivity contribution in [3.8, 4) is 0 Å². The van der Waals surface area contributed by atoms with Crippen LogP contribution in [0.4, 0.5) is 4.79 Å². The Balaban J connectivity index is 2.58. The highest BCUT2D eigenvalue weighted by Gasteiger charge is 2.28. The minimum absolute atomic E-state index is 0.139. The van der Waals surface area contributed by atoms with E-state index in [1.807, 2.05) is 57.2 Å². The molecule has 0 saturated carbocycles. The Labute approximate surface area is 129 Å².